The molecule has 2 aliphatic carbocycles. The Kier molecular flexibility index (Phi) is 2.07. The number of para-hydroxylation sites is 1. The van der Waals surface area contributed by atoms with Gasteiger partial charge in [-0.3, -0.25) is 4.79 Å². The number of hydrogen-bond acceptors (Lipinski definition) is 2. The summed E-state index contributed by atoms with van der Waals surface area (Å²) >= 11 is 0. The average molecular weight is 237 g/mol. The molecule has 0 radical (unpaired) electrons. The highest BCUT2D eigenvalue weighted by molar-refractivity contribution is 6.00. The van der Waals surface area contributed by atoms with Gasteiger partial charge in [0.1, 0.15) is 5.69 Å². The molecule has 90 valence electrons. The quantitative estimate of drug-likeness (QED) is 0.758. The molecule has 2 nitrogen and oxygen atoms in total. The number of pyridine rings is 1. The topological polar surface area (TPSA) is 30.0 Å². The van der Waals surface area contributed by atoms with Crippen LogP contribution in [0.3, 0.4) is 0 Å². The molecule has 0 saturated heterocycles. The standard InChI is InChI=1S/C16H15NO/c18-14-7-3-5-12-15(10-8-9-10)11-4-1-2-6-13(11)17-16(12)14/h1-2,4,6,10H,3,5,7-9H2. The van der Waals surface area contributed by atoms with Crippen LogP contribution in [-0.4, -0.2) is 10.8 Å². The maximum absolute atomic E-state index is 12.1. The molecule has 0 amide bonds. The van der Waals surface area contributed by atoms with Crippen LogP contribution in [0.1, 0.15) is 53.2 Å². The van der Waals surface area contributed by atoms with Gasteiger partial charge < -0.3 is 0 Å². The van der Waals surface area contributed by atoms with Gasteiger partial charge in [-0.15, -0.1) is 0 Å². The van der Waals surface area contributed by atoms with Crippen LogP contribution in [0.15, 0.2) is 24.3 Å². The van der Waals surface area contributed by atoms with E-state index in [4.69, 9.17) is 0 Å². The summed E-state index contributed by atoms with van der Waals surface area (Å²) in [6.45, 7) is 0. The monoisotopic (exact) mass is 237 g/mol. The molecule has 18 heavy (non-hydrogen) atoms. The summed E-state index contributed by atoms with van der Waals surface area (Å²) in [4.78, 5) is 16.7. The molecule has 1 aromatic heterocycles. The molecule has 1 heterocycles. The molecule has 2 heteroatoms. The Morgan fingerprint density at radius 1 is 1.11 bits per heavy atom. The van der Waals surface area contributed by atoms with Gasteiger partial charge in [0, 0.05) is 11.8 Å². The van der Waals surface area contributed by atoms with E-state index in [9.17, 15) is 4.79 Å². The maximum Gasteiger partial charge on any atom is 0.181 e. The number of benzene rings is 1. The molecule has 0 spiro atoms. The van der Waals surface area contributed by atoms with Crippen molar-refractivity contribution in [2.75, 3.05) is 0 Å². The highest BCUT2D eigenvalue weighted by Gasteiger charge is 2.32. The second kappa shape index (κ2) is 3.64. The minimum atomic E-state index is 0.240. The van der Waals surface area contributed by atoms with Crippen LogP contribution in [0.5, 0.6) is 0 Å². The van der Waals surface area contributed by atoms with E-state index in [1.165, 1.54) is 29.4 Å². The van der Waals surface area contributed by atoms with Crippen molar-refractivity contribution < 1.29 is 4.79 Å². The van der Waals surface area contributed by atoms with Crippen LogP contribution in [0.4, 0.5) is 0 Å². The van der Waals surface area contributed by atoms with Crippen molar-refractivity contribution in [3.05, 3.63) is 41.1 Å². The van der Waals surface area contributed by atoms with Crippen LogP contribution in [0.25, 0.3) is 10.9 Å². The smallest absolute Gasteiger partial charge is 0.181 e. The first kappa shape index (κ1) is 10.2. The number of aromatic nitrogens is 1. The number of ketones is 1. The first-order valence-electron chi connectivity index (χ1n) is 6.79. The van der Waals surface area contributed by atoms with Crippen LogP contribution in [-0.2, 0) is 6.42 Å². The Morgan fingerprint density at radius 2 is 1.94 bits per heavy atom. The van der Waals surface area contributed by atoms with E-state index < -0.39 is 0 Å². The molecule has 4 rings (SSSR count). The fraction of sp³-hybridized carbons (Fsp3) is 0.375. The molecule has 0 atom stereocenters. The van der Waals surface area contributed by atoms with Crippen molar-refractivity contribution in [1.82, 2.24) is 4.98 Å². The fourth-order valence-electron chi connectivity index (χ4n) is 3.14. The van der Waals surface area contributed by atoms with Crippen molar-refractivity contribution in [3.63, 3.8) is 0 Å². The third-order valence-electron chi connectivity index (χ3n) is 4.12. The van der Waals surface area contributed by atoms with Crippen LogP contribution >= 0.6 is 0 Å². The SMILES string of the molecule is O=C1CCCc2c1nc1ccccc1c2C1CC1. The number of fused-ring (bicyclic) bond motifs is 2. The highest BCUT2D eigenvalue weighted by Crippen LogP contribution is 2.46. The van der Waals surface area contributed by atoms with Crippen molar-refractivity contribution >= 4 is 16.7 Å². The summed E-state index contributed by atoms with van der Waals surface area (Å²) in [6, 6.07) is 8.28. The number of hydrogen-bond donors (Lipinski definition) is 0. The summed E-state index contributed by atoms with van der Waals surface area (Å²) in [5.74, 6) is 0.918. The van der Waals surface area contributed by atoms with Crippen molar-refractivity contribution in [1.29, 1.82) is 0 Å². The molecular weight excluding hydrogens is 222 g/mol. The molecule has 0 N–H and O–H groups in total. The molecule has 0 bridgehead atoms. The Labute approximate surface area is 106 Å². The molecular formula is C16H15NO. The summed E-state index contributed by atoms with van der Waals surface area (Å²) in [6.07, 6.45) is 5.24. The summed E-state index contributed by atoms with van der Waals surface area (Å²) in [7, 11) is 0. The molecule has 0 unspecified atom stereocenters. The van der Waals surface area contributed by atoms with Crippen molar-refractivity contribution in [3.8, 4) is 0 Å². The van der Waals surface area contributed by atoms with Gasteiger partial charge in [-0.05, 0) is 48.8 Å². The number of nitrogens with zero attached hydrogens (tertiary/aromatic N) is 1. The largest absolute Gasteiger partial charge is 0.292 e. The lowest BCUT2D eigenvalue weighted by atomic mass is 9.87. The Bertz CT molecular complexity index is 655. The van der Waals surface area contributed by atoms with Crippen LogP contribution < -0.4 is 0 Å². The maximum atomic E-state index is 12.1. The van der Waals surface area contributed by atoms with E-state index in [0.29, 0.717) is 12.3 Å². The first-order chi connectivity index (χ1) is 8.84. The van der Waals surface area contributed by atoms with Gasteiger partial charge in [-0.25, -0.2) is 4.98 Å². The van der Waals surface area contributed by atoms with E-state index in [-0.39, 0.29) is 5.78 Å². The summed E-state index contributed by atoms with van der Waals surface area (Å²) in [5, 5.41) is 1.27. The number of rotatable bonds is 1. The van der Waals surface area contributed by atoms with Crippen LogP contribution in [0.2, 0.25) is 0 Å². The van der Waals surface area contributed by atoms with Gasteiger partial charge in [0.25, 0.3) is 0 Å². The normalized spacial score (nSPS) is 19.0. The Hall–Kier alpha value is -1.70. The zero-order valence-corrected chi connectivity index (χ0v) is 10.3. The minimum Gasteiger partial charge on any atom is -0.292 e. The molecule has 1 aromatic carbocycles. The molecule has 0 aliphatic heterocycles. The second-order valence-electron chi connectivity index (χ2n) is 5.42. The Morgan fingerprint density at radius 3 is 2.78 bits per heavy atom. The highest BCUT2D eigenvalue weighted by atomic mass is 16.1. The molecule has 1 saturated carbocycles. The molecule has 2 aliphatic rings. The van der Waals surface area contributed by atoms with E-state index in [2.05, 4.69) is 17.1 Å². The summed E-state index contributed by atoms with van der Waals surface area (Å²) in [5.41, 5.74) is 4.45. The number of Topliss-reactive ketones (excluding diaryl/α,β-unsaturated/α-hetero) is 1. The van der Waals surface area contributed by atoms with E-state index in [1.54, 1.807) is 0 Å². The molecule has 1 fully saturated rings. The predicted molar refractivity (Wildman–Crippen MR) is 71.0 cm³/mol. The fourth-order valence-corrected chi connectivity index (χ4v) is 3.14. The zero-order valence-electron chi connectivity index (χ0n) is 10.3. The minimum absolute atomic E-state index is 0.240. The van der Waals surface area contributed by atoms with Crippen molar-refractivity contribution in [2.45, 2.75) is 38.0 Å². The van der Waals surface area contributed by atoms with Gasteiger partial charge in [-0.1, -0.05) is 18.2 Å². The average Bonchev–Trinajstić information content (AvgIpc) is 3.21. The lowest BCUT2D eigenvalue weighted by molar-refractivity contribution is 0.0967. The van der Waals surface area contributed by atoms with Crippen molar-refractivity contribution in [2.24, 2.45) is 0 Å². The third kappa shape index (κ3) is 1.41. The lowest BCUT2D eigenvalue weighted by Gasteiger charge is -2.19. The van der Waals surface area contributed by atoms with Crippen LogP contribution in [0, 0.1) is 0 Å². The van der Waals surface area contributed by atoms with Gasteiger partial charge in [0.05, 0.1) is 5.52 Å². The zero-order chi connectivity index (χ0) is 12.1. The third-order valence-corrected chi connectivity index (χ3v) is 4.12. The van der Waals surface area contributed by atoms with Gasteiger partial charge in [0.2, 0.25) is 0 Å². The van der Waals surface area contributed by atoms with E-state index in [0.717, 1.165) is 24.1 Å². The molecule has 2 aromatic rings. The van der Waals surface area contributed by atoms with E-state index >= 15 is 0 Å². The van der Waals surface area contributed by atoms with Gasteiger partial charge in [-0.2, -0.15) is 0 Å². The number of carbonyl (C=O) groups excluding carboxylic acids is 1. The van der Waals surface area contributed by atoms with E-state index in [1.807, 2.05) is 12.1 Å². The van der Waals surface area contributed by atoms with Gasteiger partial charge in [0.15, 0.2) is 5.78 Å². The first-order valence-corrected chi connectivity index (χ1v) is 6.79. The Balaban J connectivity index is 2.10. The summed E-state index contributed by atoms with van der Waals surface area (Å²) < 4.78 is 0. The van der Waals surface area contributed by atoms with Gasteiger partial charge >= 0.3 is 0 Å². The predicted octanol–water partition coefficient (Wildman–Crippen LogP) is 3.63. The second-order valence-corrected chi connectivity index (χ2v) is 5.42. The lowest BCUT2D eigenvalue weighted by Crippen LogP contribution is -2.15. The number of carbonyl (C=O) groups is 1.